The molecule has 8 heteroatoms. The molecule has 0 aliphatic carbocycles. The van der Waals surface area contributed by atoms with Gasteiger partial charge in [0.15, 0.2) is 11.6 Å². The number of carbonyl (C=O) groups is 1. The average molecular weight is 423 g/mol. The number of nitrogens with one attached hydrogen (secondary N) is 2. The van der Waals surface area contributed by atoms with Crippen molar-refractivity contribution in [2.45, 2.75) is 32.9 Å². The van der Waals surface area contributed by atoms with Gasteiger partial charge in [-0.3, -0.25) is 4.79 Å². The molecule has 2 unspecified atom stereocenters. The molecule has 0 saturated carbocycles. The van der Waals surface area contributed by atoms with Crippen molar-refractivity contribution in [3.05, 3.63) is 72.4 Å². The third kappa shape index (κ3) is 4.05. The first kappa shape index (κ1) is 20.7. The minimum atomic E-state index is -0.977. The maximum absolute atomic E-state index is 13.8. The monoisotopic (exact) mass is 423 g/mol. The van der Waals surface area contributed by atoms with E-state index in [4.69, 9.17) is 0 Å². The average Bonchev–Trinajstić information content (AvgIpc) is 3.37. The van der Waals surface area contributed by atoms with E-state index in [1.54, 1.807) is 10.8 Å². The van der Waals surface area contributed by atoms with Gasteiger partial charge in [0.05, 0.1) is 35.3 Å². The third-order valence-electron chi connectivity index (χ3n) is 5.27. The van der Waals surface area contributed by atoms with E-state index in [0.717, 1.165) is 23.4 Å². The Balaban J connectivity index is 1.57. The standard InChI is InChI=1S/C23H23F2N5O/c1-13(2)21(30-12-27-18-9-16(24)17(25)10-20(18)30)23(31)28-14(3)22-26-11-19(29-22)15-7-5-4-6-8-15/h4-14,21H,1-3H3,(H,26,29)(H,28,31). The number of hydrogen-bond acceptors (Lipinski definition) is 3. The van der Waals surface area contributed by atoms with E-state index in [2.05, 4.69) is 20.3 Å². The SMILES string of the molecule is CC(NC(=O)C(C(C)C)n1cnc2cc(F)c(F)cc21)c1ncc(-c2ccccc2)[nH]1. The molecule has 0 fully saturated rings. The summed E-state index contributed by atoms with van der Waals surface area (Å²) in [7, 11) is 0. The van der Waals surface area contributed by atoms with Crippen LogP contribution in [0.15, 0.2) is 55.0 Å². The third-order valence-corrected chi connectivity index (χ3v) is 5.27. The summed E-state index contributed by atoms with van der Waals surface area (Å²) in [5, 5.41) is 2.97. The number of rotatable bonds is 6. The van der Waals surface area contributed by atoms with Crippen LogP contribution in [0.4, 0.5) is 8.78 Å². The zero-order valence-corrected chi connectivity index (χ0v) is 17.4. The highest BCUT2D eigenvalue weighted by atomic mass is 19.2. The van der Waals surface area contributed by atoms with Gasteiger partial charge in [0.1, 0.15) is 11.9 Å². The number of fused-ring (bicyclic) bond motifs is 1. The Kier molecular flexibility index (Phi) is 5.54. The molecule has 2 atom stereocenters. The highest BCUT2D eigenvalue weighted by Gasteiger charge is 2.28. The molecule has 0 aliphatic heterocycles. The van der Waals surface area contributed by atoms with Crippen LogP contribution in [0.3, 0.4) is 0 Å². The predicted molar refractivity (Wildman–Crippen MR) is 114 cm³/mol. The number of H-pyrrole nitrogens is 1. The fourth-order valence-corrected chi connectivity index (χ4v) is 3.68. The molecule has 1 amide bonds. The Bertz CT molecular complexity index is 1220. The van der Waals surface area contributed by atoms with Crippen molar-refractivity contribution in [2.75, 3.05) is 0 Å². The molecule has 0 radical (unpaired) electrons. The lowest BCUT2D eigenvalue weighted by atomic mass is 10.0. The molecular weight excluding hydrogens is 400 g/mol. The molecule has 0 aliphatic rings. The number of hydrogen-bond donors (Lipinski definition) is 2. The summed E-state index contributed by atoms with van der Waals surface area (Å²) in [4.78, 5) is 25.0. The molecule has 4 rings (SSSR count). The van der Waals surface area contributed by atoms with Crippen molar-refractivity contribution < 1.29 is 13.6 Å². The van der Waals surface area contributed by atoms with Crippen LogP contribution in [0, 0.1) is 17.6 Å². The topological polar surface area (TPSA) is 75.6 Å². The Morgan fingerprint density at radius 2 is 1.77 bits per heavy atom. The molecule has 31 heavy (non-hydrogen) atoms. The largest absolute Gasteiger partial charge is 0.345 e. The van der Waals surface area contributed by atoms with Gasteiger partial charge >= 0.3 is 0 Å². The van der Waals surface area contributed by atoms with Gasteiger partial charge in [0.2, 0.25) is 5.91 Å². The van der Waals surface area contributed by atoms with Crippen LogP contribution in [0.25, 0.3) is 22.3 Å². The predicted octanol–water partition coefficient (Wildman–Crippen LogP) is 4.78. The van der Waals surface area contributed by atoms with Crippen molar-refractivity contribution in [3.8, 4) is 11.3 Å². The maximum Gasteiger partial charge on any atom is 0.243 e. The summed E-state index contributed by atoms with van der Waals surface area (Å²) < 4.78 is 28.9. The molecule has 2 N–H and O–H groups in total. The Hall–Kier alpha value is -3.55. The first-order valence-corrected chi connectivity index (χ1v) is 10.1. The number of benzene rings is 2. The fraction of sp³-hybridized carbons (Fsp3) is 0.261. The smallest absolute Gasteiger partial charge is 0.243 e. The van der Waals surface area contributed by atoms with Gasteiger partial charge in [0.25, 0.3) is 0 Å². The van der Waals surface area contributed by atoms with Gasteiger partial charge < -0.3 is 14.9 Å². The zero-order valence-electron chi connectivity index (χ0n) is 17.4. The van der Waals surface area contributed by atoms with E-state index in [9.17, 15) is 13.6 Å². The summed E-state index contributed by atoms with van der Waals surface area (Å²) in [6.07, 6.45) is 3.17. The molecule has 2 heterocycles. The number of nitrogens with zero attached hydrogens (tertiary/aromatic N) is 3. The highest BCUT2D eigenvalue weighted by molar-refractivity contribution is 5.84. The van der Waals surface area contributed by atoms with E-state index in [1.165, 1.54) is 6.33 Å². The number of imidazole rings is 2. The second-order valence-corrected chi connectivity index (χ2v) is 7.87. The molecule has 2 aromatic carbocycles. The normalized spacial score (nSPS) is 13.5. The van der Waals surface area contributed by atoms with E-state index in [0.29, 0.717) is 16.9 Å². The van der Waals surface area contributed by atoms with Crippen molar-refractivity contribution in [2.24, 2.45) is 5.92 Å². The van der Waals surface area contributed by atoms with Crippen LogP contribution >= 0.6 is 0 Å². The first-order valence-electron chi connectivity index (χ1n) is 10.1. The molecular formula is C23H23F2N5O. The van der Waals surface area contributed by atoms with E-state index in [1.807, 2.05) is 51.1 Å². The lowest BCUT2D eigenvalue weighted by Gasteiger charge is -2.24. The van der Waals surface area contributed by atoms with Crippen molar-refractivity contribution in [1.29, 1.82) is 0 Å². The number of aromatic nitrogens is 4. The Labute approximate surface area is 178 Å². The maximum atomic E-state index is 13.8. The van der Waals surface area contributed by atoms with E-state index < -0.39 is 17.7 Å². The molecule has 0 saturated heterocycles. The molecule has 160 valence electrons. The van der Waals surface area contributed by atoms with Crippen molar-refractivity contribution >= 4 is 16.9 Å². The second-order valence-electron chi connectivity index (χ2n) is 7.87. The number of amides is 1. The quantitative estimate of drug-likeness (QED) is 0.469. The minimum Gasteiger partial charge on any atom is -0.345 e. The number of aromatic amines is 1. The zero-order chi connectivity index (χ0) is 22.1. The summed E-state index contributed by atoms with van der Waals surface area (Å²) in [5.41, 5.74) is 2.52. The summed E-state index contributed by atoms with van der Waals surface area (Å²) >= 11 is 0. The van der Waals surface area contributed by atoms with Crippen LogP contribution in [-0.4, -0.2) is 25.4 Å². The van der Waals surface area contributed by atoms with Crippen molar-refractivity contribution in [3.63, 3.8) is 0 Å². The number of halogens is 2. The number of carbonyl (C=O) groups excluding carboxylic acids is 1. The van der Waals surface area contributed by atoms with Crippen LogP contribution in [-0.2, 0) is 4.79 Å². The van der Waals surface area contributed by atoms with Crippen molar-refractivity contribution in [1.82, 2.24) is 24.8 Å². The van der Waals surface area contributed by atoms with E-state index in [-0.39, 0.29) is 17.9 Å². The molecule has 6 nitrogen and oxygen atoms in total. The van der Waals surface area contributed by atoms with Crippen LogP contribution in [0.5, 0.6) is 0 Å². The highest BCUT2D eigenvalue weighted by Crippen LogP contribution is 2.26. The van der Waals surface area contributed by atoms with E-state index >= 15 is 0 Å². The Morgan fingerprint density at radius 1 is 1.06 bits per heavy atom. The molecule has 2 aromatic heterocycles. The molecule has 0 bridgehead atoms. The van der Waals surface area contributed by atoms with Crippen LogP contribution < -0.4 is 5.32 Å². The minimum absolute atomic E-state index is 0.116. The second kappa shape index (κ2) is 8.29. The molecule has 0 spiro atoms. The summed E-state index contributed by atoms with van der Waals surface area (Å²) in [5.74, 6) is -1.70. The van der Waals surface area contributed by atoms with Crippen LogP contribution in [0.1, 0.15) is 38.7 Å². The van der Waals surface area contributed by atoms with Crippen LogP contribution in [0.2, 0.25) is 0 Å². The first-order chi connectivity index (χ1) is 14.8. The van der Waals surface area contributed by atoms with Gasteiger partial charge in [-0.2, -0.15) is 0 Å². The van der Waals surface area contributed by atoms with Gasteiger partial charge in [0, 0.05) is 12.1 Å². The van der Waals surface area contributed by atoms with Gasteiger partial charge in [-0.25, -0.2) is 18.7 Å². The summed E-state index contributed by atoms with van der Waals surface area (Å²) in [6.45, 7) is 5.62. The lowest BCUT2D eigenvalue weighted by Crippen LogP contribution is -2.37. The lowest BCUT2D eigenvalue weighted by molar-refractivity contribution is -0.126. The summed E-state index contributed by atoms with van der Waals surface area (Å²) in [6, 6.07) is 10.8. The fourth-order valence-electron chi connectivity index (χ4n) is 3.68. The Morgan fingerprint density at radius 3 is 2.48 bits per heavy atom. The van der Waals surface area contributed by atoms with Gasteiger partial charge in [-0.15, -0.1) is 0 Å². The van der Waals surface area contributed by atoms with Gasteiger partial charge in [-0.05, 0) is 18.4 Å². The van der Waals surface area contributed by atoms with Gasteiger partial charge in [-0.1, -0.05) is 44.2 Å². The molecule has 4 aromatic rings.